The van der Waals surface area contributed by atoms with Crippen molar-refractivity contribution in [2.45, 2.75) is 20.4 Å². The Hall–Kier alpha value is -3.06. The predicted molar refractivity (Wildman–Crippen MR) is 111 cm³/mol. The smallest absolute Gasteiger partial charge is 0.289 e. The number of nitrogens with zero attached hydrogens (tertiary/aromatic N) is 1. The number of thioether (sulfide) groups is 1. The topological polar surface area (TPSA) is 82.3 Å². The van der Waals surface area contributed by atoms with E-state index in [9.17, 15) is 14.4 Å². The first-order chi connectivity index (χ1) is 13.4. The molecule has 0 unspecified atom stereocenters. The number of carbonyl (C=O) groups is 3. The van der Waals surface area contributed by atoms with Crippen LogP contribution in [0, 0.1) is 13.8 Å². The van der Waals surface area contributed by atoms with E-state index in [1.54, 1.807) is 18.2 Å². The molecule has 3 aromatic rings. The van der Waals surface area contributed by atoms with Gasteiger partial charge in [0.1, 0.15) is 0 Å². The lowest BCUT2D eigenvalue weighted by molar-refractivity contribution is -0.125. The Labute approximate surface area is 166 Å². The summed E-state index contributed by atoms with van der Waals surface area (Å²) in [5.41, 5.74) is 5.32. The molecule has 142 valence electrons. The van der Waals surface area contributed by atoms with Gasteiger partial charge in [0.05, 0.1) is 12.3 Å². The fourth-order valence-electron chi connectivity index (χ4n) is 3.22. The van der Waals surface area contributed by atoms with Gasteiger partial charge in [0, 0.05) is 27.8 Å². The zero-order valence-electron chi connectivity index (χ0n) is 15.5. The molecule has 1 saturated heterocycles. The molecule has 7 heteroatoms. The fraction of sp³-hybridized carbons (Fsp3) is 0.190. The molecule has 1 aromatic heterocycles. The van der Waals surface area contributed by atoms with Crippen LogP contribution in [0.4, 0.5) is 10.5 Å². The average Bonchev–Trinajstić information content (AvgIpc) is 3.16. The van der Waals surface area contributed by atoms with Gasteiger partial charge in [-0.15, -0.1) is 0 Å². The second kappa shape index (κ2) is 7.16. The van der Waals surface area contributed by atoms with Crippen LogP contribution < -0.4 is 5.32 Å². The Kier molecular flexibility index (Phi) is 4.68. The van der Waals surface area contributed by atoms with Gasteiger partial charge in [0.15, 0.2) is 0 Å². The summed E-state index contributed by atoms with van der Waals surface area (Å²) >= 11 is 1.02. The first-order valence-electron chi connectivity index (χ1n) is 8.89. The van der Waals surface area contributed by atoms with Crippen molar-refractivity contribution in [3.63, 3.8) is 0 Å². The zero-order chi connectivity index (χ0) is 19.8. The number of benzene rings is 2. The molecule has 1 aliphatic heterocycles. The Balaban J connectivity index is 1.47. The highest BCUT2D eigenvalue weighted by molar-refractivity contribution is 8.14. The molecule has 2 N–H and O–H groups in total. The van der Waals surface area contributed by atoms with Crippen LogP contribution in [0.5, 0.6) is 0 Å². The second-order valence-electron chi connectivity index (χ2n) is 6.82. The van der Waals surface area contributed by atoms with E-state index in [-0.39, 0.29) is 29.4 Å². The van der Waals surface area contributed by atoms with Gasteiger partial charge in [-0.2, -0.15) is 0 Å². The van der Waals surface area contributed by atoms with Crippen molar-refractivity contribution < 1.29 is 14.4 Å². The first kappa shape index (κ1) is 18.3. The number of imide groups is 1. The minimum atomic E-state index is -0.215. The highest BCUT2D eigenvalue weighted by Gasteiger charge is 2.29. The predicted octanol–water partition coefficient (Wildman–Crippen LogP) is 4.23. The van der Waals surface area contributed by atoms with Crippen molar-refractivity contribution in [1.29, 1.82) is 0 Å². The monoisotopic (exact) mass is 393 g/mol. The number of carbonyl (C=O) groups excluding carboxylic acids is 3. The van der Waals surface area contributed by atoms with E-state index in [2.05, 4.69) is 10.3 Å². The number of anilines is 1. The Morgan fingerprint density at radius 1 is 1.14 bits per heavy atom. The summed E-state index contributed by atoms with van der Waals surface area (Å²) in [4.78, 5) is 40.5. The van der Waals surface area contributed by atoms with Crippen molar-refractivity contribution in [3.8, 4) is 0 Å². The maximum absolute atomic E-state index is 12.6. The highest BCUT2D eigenvalue weighted by Crippen LogP contribution is 2.24. The van der Waals surface area contributed by atoms with Crippen molar-refractivity contribution >= 4 is 45.4 Å². The van der Waals surface area contributed by atoms with Gasteiger partial charge in [-0.3, -0.25) is 19.3 Å². The molecule has 6 nitrogen and oxygen atoms in total. The van der Waals surface area contributed by atoms with Crippen LogP contribution in [0.3, 0.4) is 0 Å². The van der Waals surface area contributed by atoms with Gasteiger partial charge < -0.3 is 10.3 Å². The van der Waals surface area contributed by atoms with Crippen LogP contribution in [0.2, 0.25) is 0 Å². The summed E-state index contributed by atoms with van der Waals surface area (Å²) in [6.45, 7) is 4.29. The summed E-state index contributed by atoms with van der Waals surface area (Å²) in [7, 11) is 0. The summed E-state index contributed by atoms with van der Waals surface area (Å²) in [5.74, 6) is -0.149. The number of hydrogen-bond donors (Lipinski definition) is 2. The van der Waals surface area contributed by atoms with Gasteiger partial charge >= 0.3 is 0 Å². The number of aryl methyl sites for hydroxylation is 2. The Morgan fingerprint density at radius 2 is 1.89 bits per heavy atom. The molecule has 28 heavy (non-hydrogen) atoms. The number of nitrogens with one attached hydrogen (secondary N) is 2. The number of fused-ring (bicyclic) bond motifs is 1. The van der Waals surface area contributed by atoms with Crippen LogP contribution in [0.1, 0.15) is 27.2 Å². The molecule has 2 heterocycles. The number of aromatic amines is 1. The number of hydrogen-bond acceptors (Lipinski definition) is 4. The quantitative estimate of drug-likeness (QED) is 0.695. The Bertz CT molecular complexity index is 1090. The molecular weight excluding hydrogens is 374 g/mol. The molecule has 0 saturated carbocycles. The number of aromatic nitrogens is 1. The van der Waals surface area contributed by atoms with Crippen molar-refractivity contribution in [2.24, 2.45) is 0 Å². The molecule has 2 aromatic carbocycles. The molecule has 3 amide bonds. The lowest BCUT2D eigenvalue weighted by atomic mass is 10.1. The number of H-pyrrole nitrogens is 1. The summed E-state index contributed by atoms with van der Waals surface area (Å²) in [6.07, 6.45) is 0. The molecule has 0 bridgehead atoms. The third-order valence-corrected chi connectivity index (χ3v) is 5.82. The standard InChI is InChI=1S/C21H19N3O3S/c1-12-13(2)22-18-8-5-15(9-17(12)18)20(26)23-16-6-3-14(4-7-16)10-24-19(25)11-28-21(24)27/h3-9,22H,10-11H2,1-2H3,(H,23,26). The summed E-state index contributed by atoms with van der Waals surface area (Å²) in [6, 6.07) is 12.8. The maximum atomic E-state index is 12.6. The van der Waals surface area contributed by atoms with E-state index in [1.807, 2.05) is 38.1 Å². The minimum Gasteiger partial charge on any atom is -0.358 e. The summed E-state index contributed by atoms with van der Waals surface area (Å²) in [5, 5.41) is 3.71. The fourth-order valence-corrected chi connectivity index (χ4v) is 3.94. The average molecular weight is 393 g/mol. The number of rotatable bonds is 4. The van der Waals surface area contributed by atoms with Crippen molar-refractivity contribution in [1.82, 2.24) is 9.88 Å². The molecule has 0 aliphatic carbocycles. The molecule has 0 spiro atoms. The van der Waals surface area contributed by atoms with Gasteiger partial charge in [-0.05, 0) is 55.3 Å². The third kappa shape index (κ3) is 3.41. The van der Waals surface area contributed by atoms with E-state index in [0.29, 0.717) is 11.3 Å². The lowest BCUT2D eigenvalue weighted by Gasteiger charge is -2.13. The molecule has 1 fully saturated rings. The van der Waals surface area contributed by atoms with E-state index < -0.39 is 0 Å². The van der Waals surface area contributed by atoms with Gasteiger partial charge in [-0.25, -0.2) is 0 Å². The molecule has 1 aliphatic rings. The van der Waals surface area contributed by atoms with E-state index >= 15 is 0 Å². The van der Waals surface area contributed by atoms with Gasteiger partial charge in [0.2, 0.25) is 5.91 Å². The first-order valence-corrected chi connectivity index (χ1v) is 9.87. The molecule has 4 rings (SSSR count). The van der Waals surface area contributed by atoms with E-state index in [4.69, 9.17) is 0 Å². The minimum absolute atomic E-state index is 0.168. The second-order valence-corrected chi connectivity index (χ2v) is 7.75. The largest absolute Gasteiger partial charge is 0.358 e. The van der Waals surface area contributed by atoms with E-state index in [1.165, 1.54) is 4.90 Å². The van der Waals surface area contributed by atoms with Crippen LogP contribution in [0.25, 0.3) is 10.9 Å². The molecule has 0 radical (unpaired) electrons. The SMILES string of the molecule is Cc1[nH]c2ccc(C(=O)Nc3ccc(CN4C(=O)CSC4=O)cc3)cc2c1C. The van der Waals surface area contributed by atoms with Gasteiger partial charge in [-0.1, -0.05) is 23.9 Å². The van der Waals surface area contributed by atoms with Crippen molar-refractivity contribution in [2.75, 3.05) is 11.1 Å². The number of amides is 3. The normalized spacial score (nSPS) is 14.1. The zero-order valence-corrected chi connectivity index (χ0v) is 16.4. The van der Waals surface area contributed by atoms with Crippen LogP contribution in [-0.4, -0.2) is 32.7 Å². The van der Waals surface area contributed by atoms with E-state index in [0.717, 1.165) is 39.5 Å². The van der Waals surface area contributed by atoms with Gasteiger partial charge in [0.25, 0.3) is 11.1 Å². The maximum Gasteiger partial charge on any atom is 0.289 e. The lowest BCUT2D eigenvalue weighted by Crippen LogP contribution is -2.27. The third-order valence-electron chi connectivity index (χ3n) is 4.96. The van der Waals surface area contributed by atoms with Crippen LogP contribution in [-0.2, 0) is 11.3 Å². The summed E-state index contributed by atoms with van der Waals surface area (Å²) < 4.78 is 0. The molecule has 0 atom stereocenters. The van der Waals surface area contributed by atoms with Crippen molar-refractivity contribution in [3.05, 3.63) is 64.8 Å². The van der Waals surface area contributed by atoms with Crippen LogP contribution in [0.15, 0.2) is 42.5 Å². The highest BCUT2D eigenvalue weighted by atomic mass is 32.2. The molecular formula is C21H19N3O3S. The van der Waals surface area contributed by atoms with Crippen LogP contribution >= 0.6 is 11.8 Å². The Morgan fingerprint density at radius 3 is 2.57 bits per heavy atom.